The lowest BCUT2D eigenvalue weighted by molar-refractivity contribution is 0.387. The molecule has 2 unspecified atom stereocenters. The Hall–Kier alpha value is -0.940. The molecule has 0 saturated carbocycles. The number of alkyl halides is 1. The maximum Gasteiger partial charge on any atom is 0.167 e. The first-order valence-corrected chi connectivity index (χ1v) is 8.10. The van der Waals surface area contributed by atoms with Gasteiger partial charge >= 0.3 is 0 Å². The Labute approximate surface area is 127 Å². The Morgan fingerprint density at radius 3 is 2.70 bits per heavy atom. The molecule has 2 rings (SSSR count). The number of fused-ring (bicyclic) bond motifs is 1. The van der Waals surface area contributed by atoms with Crippen LogP contribution in [-0.2, 0) is 6.54 Å². The first kappa shape index (κ1) is 15.4. The van der Waals surface area contributed by atoms with Crippen LogP contribution in [0.25, 0.3) is 11.0 Å². The highest BCUT2D eigenvalue weighted by Crippen LogP contribution is 2.30. The van der Waals surface area contributed by atoms with Gasteiger partial charge in [-0.1, -0.05) is 6.92 Å². The highest BCUT2D eigenvalue weighted by molar-refractivity contribution is 7.99. The Morgan fingerprint density at radius 1 is 1.45 bits per heavy atom. The van der Waals surface area contributed by atoms with Gasteiger partial charge in [0.1, 0.15) is 5.82 Å². The summed E-state index contributed by atoms with van der Waals surface area (Å²) in [4.78, 5) is 4.46. The largest absolute Gasteiger partial charge is 0.494 e. The summed E-state index contributed by atoms with van der Waals surface area (Å²) >= 11 is 7.97. The van der Waals surface area contributed by atoms with Crippen LogP contribution in [0.5, 0.6) is 5.75 Å². The predicted octanol–water partition coefficient (Wildman–Crippen LogP) is 4.24. The highest BCUT2D eigenvalue weighted by atomic mass is 35.5. The van der Waals surface area contributed by atoms with Crippen molar-refractivity contribution in [1.29, 1.82) is 0 Å². The molecule has 1 aromatic heterocycles. The molecule has 0 aliphatic rings. The topological polar surface area (TPSA) is 27.1 Å². The van der Waals surface area contributed by atoms with Crippen LogP contribution in [0.4, 0.5) is 4.39 Å². The monoisotopic (exact) mass is 316 g/mol. The first-order valence-electron chi connectivity index (χ1n) is 6.38. The molecular weight excluding hydrogens is 299 g/mol. The van der Waals surface area contributed by atoms with Crippen molar-refractivity contribution in [2.45, 2.75) is 31.0 Å². The summed E-state index contributed by atoms with van der Waals surface area (Å²) in [5, 5.41) is 0.183. The van der Waals surface area contributed by atoms with Crippen molar-refractivity contribution in [3.8, 4) is 5.75 Å². The molecule has 0 aliphatic carbocycles. The van der Waals surface area contributed by atoms with Crippen molar-refractivity contribution in [1.82, 2.24) is 9.55 Å². The summed E-state index contributed by atoms with van der Waals surface area (Å²) < 4.78 is 20.9. The van der Waals surface area contributed by atoms with Crippen molar-refractivity contribution < 1.29 is 9.13 Å². The number of hydrogen-bond acceptors (Lipinski definition) is 3. The molecule has 0 radical (unpaired) electrons. The summed E-state index contributed by atoms with van der Waals surface area (Å²) in [6.45, 7) is 4.79. The summed E-state index contributed by atoms with van der Waals surface area (Å²) in [7, 11) is 1.46. The van der Waals surface area contributed by atoms with Crippen molar-refractivity contribution in [3.05, 3.63) is 23.8 Å². The van der Waals surface area contributed by atoms with E-state index in [0.717, 1.165) is 17.9 Å². The van der Waals surface area contributed by atoms with Gasteiger partial charge in [-0.15, -0.1) is 11.6 Å². The van der Waals surface area contributed by atoms with Gasteiger partial charge in [0, 0.05) is 23.9 Å². The first-order chi connectivity index (χ1) is 9.47. The molecule has 0 spiro atoms. The molecule has 3 nitrogen and oxygen atoms in total. The number of ether oxygens (including phenoxy) is 1. The third kappa shape index (κ3) is 2.88. The summed E-state index contributed by atoms with van der Waals surface area (Å²) in [6.07, 6.45) is 2.06. The van der Waals surface area contributed by atoms with Gasteiger partial charge in [-0.25, -0.2) is 9.37 Å². The average Bonchev–Trinajstić information content (AvgIpc) is 2.75. The Bertz CT molecular complexity index is 615. The van der Waals surface area contributed by atoms with Gasteiger partial charge in [0.15, 0.2) is 11.6 Å². The molecule has 6 heteroatoms. The minimum Gasteiger partial charge on any atom is -0.494 e. The van der Waals surface area contributed by atoms with Crippen LogP contribution in [0.3, 0.4) is 0 Å². The Morgan fingerprint density at radius 2 is 2.15 bits per heavy atom. The van der Waals surface area contributed by atoms with E-state index in [1.165, 1.54) is 13.2 Å². The van der Waals surface area contributed by atoms with Crippen LogP contribution in [-0.4, -0.2) is 28.2 Å². The number of nitrogens with zero attached hydrogens (tertiary/aromatic N) is 2. The lowest BCUT2D eigenvalue weighted by Crippen LogP contribution is -2.12. The number of aromatic nitrogens is 2. The fourth-order valence-electron chi connectivity index (χ4n) is 2.13. The zero-order valence-electron chi connectivity index (χ0n) is 12.0. The fourth-order valence-corrected chi connectivity index (χ4v) is 2.59. The van der Waals surface area contributed by atoms with E-state index < -0.39 is 5.82 Å². The summed E-state index contributed by atoms with van der Waals surface area (Å²) in [5.74, 6) is 0.579. The molecule has 2 aromatic rings. The standard InChI is InChI=1S/C14H18ClFN2OS/c1-8(20-4)7-18-12-6-13(19-3)10(16)5-11(12)17-14(18)9(2)15/h5-6,8-9H,7H2,1-4H3. The van der Waals surface area contributed by atoms with Crippen molar-refractivity contribution in [3.63, 3.8) is 0 Å². The van der Waals surface area contributed by atoms with E-state index in [9.17, 15) is 4.39 Å². The van der Waals surface area contributed by atoms with Gasteiger partial charge in [-0.3, -0.25) is 0 Å². The minimum atomic E-state index is -0.406. The van der Waals surface area contributed by atoms with E-state index in [2.05, 4.69) is 22.7 Å². The van der Waals surface area contributed by atoms with Crippen LogP contribution in [0.1, 0.15) is 25.0 Å². The quantitative estimate of drug-likeness (QED) is 0.772. The van der Waals surface area contributed by atoms with Crippen LogP contribution in [0.15, 0.2) is 12.1 Å². The number of hydrogen-bond donors (Lipinski definition) is 0. The van der Waals surface area contributed by atoms with Gasteiger partial charge in [-0.2, -0.15) is 11.8 Å². The summed E-state index contributed by atoms with van der Waals surface area (Å²) in [6, 6.07) is 3.09. The molecule has 0 saturated heterocycles. The Balaban J connectivity index is 2.63. The highest BCUT2D eigenvalue weighted by Gasteiger charge is 2.18. The number of benzene rings is 1. The van der Waals surface area contributed by atoms with Gasteiger partial charge in [0.05, 0.1) is 23.5 Å². The van der Waals surface area contributed by atoms with Crippen molar-refractivity contribution >= 4 is 34.4 Å². The minimum absolute atomic E-state index is 0.226. The van der Waals surface area contributed by atoms with E-state index in [-0.39, 0.29) is 11.1 Å². The van der Waals surface area contributed by atoms with Crippen molar-refractivity contribution in [2.75, 3.05) is 13.4 Å². The third-order valence-electron chi connectivity index (χ3n) is 3.25. The Kier molecular flexibility index (Phi) is 4.81. The normalized spacial score (nSPS) is 14.5. The van der Waals surface area contributed by atoms with Gasteiger partial charge < -0.3 is 9.30 Å². The molecule has 0 amide bonds. The second kappa shape index (κ2) is 6.22. The van der Waals surface area contributed by atoms with Gasteiger partial charge in [0.2, 0.25) is 0 Å². The zero-order valence-corrected chi connectivity index (χ0v) is 13.6. The summed E-state index contributed by atoms with van der Waals surface area (Å²) in [5.41, 5.74) is 1.46. The lowest BCUT2D eigenvalue weighted by Gasteiger charge is -2.14. The smallest absolute Gasteiger partial charge is 0.167 e. The lowest BCUT2D eigenvalue weighted by atomic mass is 10.2. The van der Waals surface area contributed by atoms with Gasteiger partial charge in [0.25, 0.3) is 0 Å². The molecule has 0 N–H and O–H groups in total. The number of halogens is 2. The third-order valence-corrected chi connectivity index (χ3v) is 4.40. The molecule has 1 aromatic carbocycles. The number of imidazole rings is 1. The van der Waals surface area contributed by atoms with Crippen LogP contribution in [0.2, 0.25) is 0 Å². The molecule has 110 valence electrons. The van der Waals surface area contributed by atoms with E-state index in [4.69, 9.17) is 16.3 Å². The molecular formula is C14H18ClFN2OS. The second-order valence-corrected chi connectivity index (χ2v) is 6.65. The molecule has 1 heterocycles. The number of thioether (sulfide) groups is 1. The molecule has 0 aliphatic heterocycles. The molecule has 20 heavy (non-hydrogen) atoms. The molecule has 0 fully saturated rings. The zero-order chi connectivity index (χ0) is 14.9. The van der Waals surface area contributed by atoms with Crippen LogP contribution in [0, 0.1) is 5.82 Å². The van der Waals surface area contributed by atoms with E-state index in [0.29, 0.717) is 10.8 Å². The molecule has 0 bridgehead atoms. The fraction of sp³-hybridized carbons (Fsp3) is 0.500. The van der Waals surface area contributed by atoms with E-state index in [1.807, 2.05) is 6.92 Å². The van der Waals surface area contributed by atoms with E-state index >= 15 is 0 Å². The van der Waals surface area contributed by atoms with Crippen LogP contribution >= 0.6 is 23.4 Å². The second-order valence-electron chi connectivity index (χ2n) is 4.72. The van der Waals surface area contributed by atoms with Crippen LogP contribution < -0.4 is 4.74 Å². The van der Waals surface area contributed by atoms with E-state index in [1.54, 1.807) is 17.8 Å². The predicted molar refractivity (Wildman–Crippen MR) is 83.5 cm³/mol. The average molecular weight is 317 g/mol. The number of rotatable bonds is 5. The SMILES string of the molecule is COc1cc2c(cc1F)nc(C(C)Cl)n2CC(C)SC. The van der Waals surface area contributed by atoms with Gasteiger partial charge in [-0.05, 0) is 13.2 Å². The number of methoxy groups -OCH3 is 1. The maximum atomic E-state index is 13.8. The maximum absolute atomic E-state index is 13.8. The van der Waals surface area contributed by atoms with Crippen molar-refractivity contribution in [2.24, 2.45) is 0 Å². The molecule has 2 atom stereocenters.